The van der Waals surface area contributed by atoms with Gasteiger partial charge in [0.2, 0.25) is 24.0 Å². The van der Waals surface area contributed by atoms with E-state index in [9.17, 15) is 91.6 Å². The predicted molar refractivity (Wildman–Crippen MR) is 323 cm³/mol. The number of carbonyl (C=O) groups excluding carboxylic acids is 15. The summed E-state index contributed by atoms with van der Waals surface area (Å²) in [7, 11) is -3.86. The second kappa shape index (κ2) is 36.3. The highest BCUT2D eigenvalue weighted by atomic mass is 31.1. The van der Waals surface area contributed by atoms with E-state index in [-0.39, 0.29) is 12.8 Å². The van der Waals surface area contributed by atoms with Gasteiger partial charge in [-0.3, -0.25) is 67.1 Å². The molecule has 0 aromatic carbocycles. The smallest absolute Gasteiger partial charge is 0.510 e. The molecule has 0 saturated carbocycles. The molecule has 45 heteroatoms. The van der Waals surface area contributed by atoms with Gasteiger partial charge in [0.15, 0.2) is 104 Å². The van der Waals surface area contributed by atoms with Gasteiger partial charge in [-0.15, -0.1) is 4.89 Å². The van der Waals surface area contributed by atoms with Gasteiger partial charge >= 0.3 is 68.1 Å². The van der Waals surface area contributed by atoms with E-state index in [0.717, 1.165) is 83.1 Å². The number of nitrogens with one attached hydrogen (secondary N) is 3. The highest BCUT2D eigenvalue weighted by Gasteiger charge is 2.64. The topological polar surface area (TPSA) is 607 Å². The van der Waals surface area contributed by atoms with Gasteiger partial charge in [0, 0.05) is 93.6 Å². The van der Waals surface area contributed by atoms with Crippen molar-refractivity contribution in [2.45, 2.75) is 256 Å². The van der Waals surface area contributed by atoms with E-state index in [2.05, 4.69) is 16.0 Å². The zero-order chi connectivity index (χ0) is 77.8. The monoisotopic (exact) mass is 1510 g/mol. The lowest BCUT2D eigenvalue weighted by Crippen LogP contribution is -2.73. The third kappa shape index (κ3) is 21.9. The summed E-state index contributed by atoms with van der Waals surface area (Å²) in [5, 5.41) is 29.6. The van der Waals surface area contributed by atoms with Crippen LogP contribution in [0.5, 0.6) is 0 Å². The average Bonchev–Trinajstić information content (AvgIpc) is 0.788. The Labute approximate surface area is 589 Å². The number of carbonyl (C=O) groups is 15. The molecule has 0 aromatic heterocycles. The van der Waals surface area contributed by atoms with Crippen LogP contribution in [-0.2, 0) is 166 Å². The number of aliphatic hydroxyl groups is 2. The fourth-order valence-corrected chi connectivity index (χ4v) is 12.4. The second-order valence-corrected chi connectivity index (χ2v) is 24.8. The van der Waals surface area contributed by atoms with Crippen LogP contribution in [-0.4, -0.2) is 270 Å². The Bertz CT molecular complexity index is 3330. The molecular formula is C59H81N5O39P+. The van der Waals surface area contributed by atoms with Gasteiger partial charge in [0.25, 0.3) is 5.91 Å². The van der Waals surface area contributed by atoms with Crippen LogP contribution >= 0.6 is 8.25 Å². The van der Waals surface area contributed by atoms with E-state index in [4.69, 9.17) is 106 Å². The van der Waals surface area contributed by atoms with Crippen molar-refractivity contribution in [1.82, 2.24) is 16.0 Å². The van der Waals surface area contributed by atoms with Crippen molar-refractivity contribution in [2.75, 3.05) is 13.2 Å². The standard InChI is InChI=1S/C59H80N5O39P/c1-18-37(97-56-47(94-29(12)75)44(92-27(10)73)43(91-26(9)72)45(99-56)52(79)64-34-30(76)14-15-31(34)77)40(88-23(6)69)35(62-19(2)65)53(86-18)98-38-33(17-85-55-46(93-28(11)74)42(90-25(8)71)39(87-22(5)68)32(96-55)16-84-21(4)67)95-54(36(63-20(3)66)41(38)89-24(7)70)100-48-49(102-58(61)80)59(13,81)50(51(60)78)101-57(48)103-104(82)83/h18,32-33,35-50,53-57,81H,14-17H2,1-13H3,(H8-,60,61,62,63,64,65,66,76,77,78,79,80,82,83)/p+1/t18?,32?,33?,35-,36-,37+,38+,39+,40?,41?,42?,43+,44?,45?,46-,47-,48?,49+,50?,53-,54-,55+,56+,57+,59-/m0/s1. The minimum Gasteiger partial charge on any atom is -0.510 e. The summed E-state index contributed by atoms with van der Waals surface area (Å²) < 4.78 is 130. The molecule has 1 aliphatic carbocycles. The highest BCUT2D eigenvalue weighted by molar-refractivity contribution is 7.32. The fraction of sp³-hybridized carbons (Fsp3) is 0.712. The van der Waals surface area contributed by atoms with Crippen LogP contribution in [0.15, 0.2) is 11.5 Å². The maximum absolute atomic E-state index is 14.3. The number of allylic oxidation sites excluding steroid dienone is 2. The van der Waals surface area contributed by atoms with Crippen molar-refractivity contribution < 1.29 is 186 Å². The van der Waals surface area contributed by atoms with Gasteiger partial charge < -0.3 is 128 Å². The van der Waals surface area contributed by atoms with Crippen LogP contribution in [0.2, 0.25) is 0 Å². The van der Waals surface area contributed by atoms with E-state index in [0.29, 0.717) is 0 Å². The van der Waals surface area contributed by atoms with E-state index in [1.54, 1.807) is 0 Å². The van der Waals surface area contributed by atoms with Crippen LogP contribution in [0.4, 0.5) is 4.79 Å². The van der Waals surface area contributed by atoms with E-state index in [1.165, 1.54) is 6.92 Å². The summed E-state index contributed by atoms with van der Waals surface area (Å²) in [5.74, 6) is -16.3. The molecule has 0 radical (unpaired) electrons. The first kappa shape index (κ1) is 84.2. The van der Waals surface area contributed by atoms with Crippen molar-refractivity contribution in [3.05, 3.63) is 11.5 Å². The number of nitrogens with two attached hydrogens (primary N) is 2. The van der Waals surface area contributed by atoms with Gasteiger partial charge in [-0.05, 0) is 13.8 Å². The molecule has 0 aromatic rings. The number of aliphatic hydroxyl groups excluding tert-OH is 1. The van der Waals surface area contributed by atoms with Crippen molar-refractivity contribution in [3.63, 3.8) is 0 Å². The summed E-state index contributed by atoms with van der Waals surface area (Å²) in [6.45, 7) is 9.83. The largest absolute Gasteiger partial charge is 0.697 e. The number of Topliss-reactive ketones (excluding diaryl/α,β-unsaturated/α-hetero) is 1. The first-order valence-electron chi connectivity index (χ1n) is 31.5. The summed E-state index contributed by atoms with van der Waals surface area (Å²) in [6.07, 6.45) is -48.9. The van der Waals surface area contributed by atoms with Crippen LogP contribution < -0.4 is 27.4 Å². The zero-order valence-corrected chi connectivity index (χ0v) is 58.7. The van der Waals surface area contributed by atoms with Gasteiger partial charge in [-0.25, -0.2) is 4.79 Å². The van der Waals surface area contributed by atoms with Gasteiger partial charge in [0.1, 0.15) is 60.2 Å². The Kier molecular flexibility index (Phi) is 29.4. The second-order valence-electron chi connectivity index (χ2n) is 24.2. The minimum absolute atomic E-state index is 0.210. The number of rotatable bonds is 27. The lowest BCUT2D eigenvalue weighted by Gasteiger charge is -2.52. The predicted octanol–water partition coefficient (Wildman–Crippen LogP) is -4.56. The quantitative estimate of drug-likeness (QED) is 0.0218. The van der Waals surface area contributed by atoms with Crippen LogP contribution in [0.1, 0.15) is 103 Å². The van der Waals surface area contributed by atoms with Crippen molar-refractivity contribution in [1.29, 1.82) is 0 Å². The normalized spacial score (nSPS) is 34.8. The third-order valence-corrected chi connectivity index (χ3v) is 16.1. The Morgan fingerprint density at radius 1 is 0.500 bits per heavy atom. The molecule has 6 aliphatic rings. The summed E-state index contributed by atoms with van der Waals surface area (Å²) in [5.41, 5.74) is 7.51. The van der Waals surface area contributed by atoms with Crippen LogP contribution in [0.3, 0.4) is 0 Å². The molecule has 580 valence electrons. The number of esters is 9. The fourth-order valence-electron chi connectivity index (χ4n) is 12.1. The number of ketones is 1. The first-order chi connectivity index (χ1) is 48.5. The van der Waals surface area contributed by atoms with Crippen molar-refractivity contribution in [3.8, 4) is 0 Å². The number of hydrogen-bond acceptors (Lipinski definition) is 38. The molecule has 104 heavy (non-hydrogen) atoms. The Hall–Kier alpha value is -8.79. The molecule has 6 rings (SSSR count). The van der Waals surface area contributed by atoms with E-state index in [1.807, 2.05) is 0 Å². The molecule has 44 nitrogen and oxygen atoms in total. The van der Waals surface area contributed by atoms with Gasteiger partial charge in [-0.1, -0.05) is 4.52 Å². The molecular weight excluding hydrogens is 1430 g/mol. The molecule has 5 amide bonds. The van der Waals surface area contributed by atoms with Crippen molar-refractivity contribution in [2.24, 2.45) is 11.5 Å². The minimum atomic E-state index is -3.86. The molecule has 11 unspecified atom stereocenters. The van der Waals surface area contributed by atoms with Gasteiger partial charge in [0.05, 0.1) is 12.7 Å². The lowest BCUT2D eigenvalue weighted by atomic mass is 9.85. The average molecular weight is 1520 g/mol. The third-order valence-electron chi connectivity index (χ3n) is 15.7. The molecule has 5 heterocycles. The highest BCUT2D eigenvalue weighted by Crippen LogP contribution is 2.42. The van der Waals surface area contributed by atoms with E-state index < -0.39 is 275 Å². The van der Waals surface area contributed by atoms with Crippen LogP contribution in [0, 0.1) is 0 Å². The Morgan fingerprint density at radius 2 is 0.933 bits per heavy atom. The molecule has 26 atom stereocenters. The van der Waals surface area contributed by atoms with E-state index >= 15 is 0 Å². The van der Waals surface area contributed by atoms with Gasteiger partial charge in [-0.2, -0.15) is 0 Å². The summed E-state index contributed by atoms with van der Waals surface area (Å²) in [6, 6.07) is -4.12. The summed E-state index contributed by atoms with van der Waals surface area (Å²) in [4.78, 5) is 207. The molecule has 0 bridgehead atoms. The maximum Gasteiger partial charge on any atom is 0.697 e. The number of hydrogen-bond donors (Lipinski definition) is 8. The van der Waals surface area contributed by atoms with Crippen molar-refractivity contribution >= 4 is 97.5 Å². The number of amides is 5. The molecule has 10 N–H and O–H groups in total. The number of primary amides is 2. The maximum atomic E-state index is 14.3. The molecule has 5 aliphatic heterocycles. The Morgan fingerprint density at radius 3 is 1.40 bits per heavy atom. The first-order valence-corrected chi connectivity index (χ1v) is 32.6. The zero-order valence-electron chi connectivity index (χ0n) is 57.8. The Balaban J connectivity index is 1.57. The summed E-state index contributed by atoms with van der Waals surface area (Å²) >= 11 is 0. The molecule has 5 fully saturated rings. The number of ether oxygens (including phenoxy) is 19. The lowest BCUT2D eigenvalue weighted by molar-refractivity contribution is -0.375. The van der Waals surface area contributed by atoms with Crippen LogP contribution in [0.25, 0.3) is 0 Å². The SMILES string of the molecule is CC(=O)N[C@H]1C(OC(C)=O)[C@H](O[C@@H]2OC(C(=O)NC3=C(O)CCC3=O)[C@H](OC(C)=O)C(OC(C)=O)[C@@H]2OC(C)=O)C(C)O[C@H]1O[C@@H]1C(CO[C@@H]2OC(COC(C)=O)[C@@H](OC(C)=O)C(OC(C)=O)[C@@H]2OC(C)=O)O[C@@H](OC2[C@@H](O[P+](=O)O)OC(C(N)=O)[C@@](C)(O)[C@@H]2OC(N)=O)[C@@H](NC(C)=O)C1OC(C)=O. The molecule has 0 spiro atoms. The molecule has 5 saturated heterocycles.